The molecule has 1 N–H and O–H groups in total. The molecule has 0 radical (unpaired) electrons. The van der Waals surface area contributed by atoms with Crippen LogP contribution in [0.25, 0.3) is 11.0 Å². The average Bonchev–Trinajstić information content (AvgIpc) is 2.96. The fourth-order valence-corrected chi connectivity index (χ4v) is 3.10. The molecule has 136 valence electrons. The van der Waals surface area contributed by atoms with Gasteiger partial charge in [0.15, 0.2) is 11.5 Å². The molecule has 0 aliphatic heterocycles. The molecule has 1 amide bonds. The van der Waals surface area contributed by atoms with Crippen molar-refractivity contribution >= 4 is 16.9 Å². The van der Waals surface area contributed by atoms with E-state index in [1.807, 2.05) is 55.1 Å². The van der Waals surface area contributed by atoms with Gasteiger partial charge < -0.3 is 19.4 Å². The molecule has 1 atom stereocenters. The number of amides is 1. The van der Waals surface area contributed by atoms with E-state index in [1.165, 1.54) is 0 Å². The van der Waals surface area contributed by atoms with E-state index in [-0.39, 0.29) is 11.9 Å². The number of benzene rings is 1. The Morgan fingerprint density at radius 3 is 2.73 bits per heavy atom. The summed E-state index contributed by atoms with van der Waals surface area (Å²) in [6, 6.07) is 9.38. The molecule has 0 bridgehead atoms. The van der Waals surface area contributed by atoms with Crippen molar-refractivity contribution in [3.63, 3.8) is 0 Å². The van der Waals surface area contributed by atoms with Gasteiger partial charge in [-0.15, -0.1) is 0 Å². The fourth-order valence-electron chi connectivity index (χ4n) is 3.10. The number of pyridine rings is 1. The van der Waals surface area contributed by atoms with Crippen molar-refractivity contribution in [2.45, 2.75) is 19.4 Å². The van der Waals surface area contributed by atoms with E-state index in [2.05, 4.69) is 10.3 Å². The number of carbonyl (C=O) groups is 1. The number of aromatic nitrogens is 2. The van der Waals surface area contributed by atoms with Crippen molar-refractivity contribution in [2.24, 2.45) is 7.05 Å². The van der Waals surface area contributed by atoms with E-state index >= 15 is 0 Å². The lowest BCUT2D eigenvalue weighted by atomic mass is 10.1. The van der Waals surface area contributed by atoms with Crippen molar-refractivity contribution in [1.29, 1.82) is 0 Å². The van der Waals surface area contributed by atoms with Crippen molar-refractivity contribution in [1.82, 2.24) is 14.9 Å². The van der Waals surface area contributed by atoms with Gasteiger partial charge in [-0.05, 0) is 42.3 Å². The summed E-state index contributed by atoms with van der Waals surface area (Å²) in [5, 5.41) is 4.05. The number of fused-ring (bicyclic) bond motifs is 1. The van der Waals surface area contributed by atoms with E-state index < -0.39 is 0 Å². The smallest absolute Gasteiger partial charge is 0.224 e. The summed E-state index contributed by atoms with van der Waals surface area (Å²) >= 11 is 0. The van der Waals surface area contributed by atoms with Gasteiger partial charge >= 0.3 is 0 Å². The molecule has 3 aromatic rings. The maximum atomic E-state index is 12.5. The molecular formula is C20H23N3O3. The van der Waals surface area contributed by atoms with Crippen LogP contribution in [-0.4, -0.2) is 29.7 Å². The number of nitrogens with zero attached hydrogens (tertiary/aromatic N) is 2. The molecular weight excluding hydrogens is 330 g/mol. The molecule has 2 aromatic heterocycles. The Balaban J connectivity index is 1.73. The average molecular weight is 353 g/mol. The summed E-state index contributed by atoms with van der Waals surface area (Å²) in [6.07, 6.45) is 4.02. The molecule has 6 nitrogen and oxygen atoms in total. The minimum absolute atomic E-state index is 0.0383. The SMILES string of the molecule is COc1ccc([C@H](C)NC(=O)Cc2cn(C)c3ncccc23)cc1OC. The molecule has 0 spiro atoms. The van der Waals surface area contributed by atoms with Crippen LogP contribution in [0.5, 0.6) is 11.5 Å². The molecule has 6 heteroatoms. The Kier molecular flexibility index (Phi) is 5.11. The van der Waals surface area contributed by atoms with Gasteiger partial charge in [0.05, 0.1) is 26.7 Å². The molecule has 26 heavy (non-hydrogen) atoms. The van der Waals surface area contributed by atoms with Gasteiger partial charge in [0.2, 0.25) is 5.91 Å². The fraction of sp³-hybridized carbons (Fsp3) is 0.300. The Morgan fingerprint density at radius 1 is 1.23 bits per heavy atom. The first kappa shape index (κ1) is 17.8. The number of hydrogen-bond acceptors (Lipinski definition) is 4. The van der Waals surface area contributed by atoms with Crippen LogP contribution < -0.4 is 14.8 Å². The van der Waals surface area contributed by atoms with E-state index in [4.69, 9.17) is 9.47 Å². The zero-order valence-electron chi connectivity index (χ0n) is 15.4. The quantitative estimate of drug-likeness (QED) is 0.740. The number of ether oxygens (including phenoxy) is 2. The van der Waals surface area contributed by atoms with E-state index in [0.717, 1.165) is 22.2 Å². The standard InChI is InChI=1S/C20H23N3O3/c1-13(14-7-8-17(25-3)18(10-14)26-4)22-19(24)11-15-12-23(2)20-16(15)6-5-9-21-20/h5-10,12-13H,11H2,1-4H3,(H,22,24)/t13-/m0/s1. The highest BCUT2D eigenvalue weighted by atomic mass is 16.5. The highest BCUT2D eigenvalue weighted by Gasteiger charge is 2.15. The molecule has 0 unspecified atom stereocenters. The third-order valence-electron chi connectivity index (χ3n) is 4.45. The highest BCUT2D eigenvalue weighted by molar-refractivity contribution is 5.87. The van der Waals surface area contributed by atoms with E-state index in [1.54, 1.807) is 20.4 Å². The second-order valence-corrected chi connectivity index (χ2v) is 6.22. The van der Waals surface area contributed by atoms with Crippen LogP contribution in [0.4, 0.5) is 0 Å². The summed E-state index contributed by atoms with van der Waals surface area (Å²) in [7, 11) is 5.13. The van der Waals surface area contributed by atoms with Crippen molar-refractivity contribution in [3.05, 3.63) is 53.9 Å². The molecule has 1 aromatic carbocycles. The third kappa shape index (κ3) is 3.49. The summed E-state index contributed by atoms with van der Waals surface area (Å²) in [6.45, 7) is 1.95. The predicted octanol–water partition coefficient (Wildman–Crippen LogP) is 3.01. The van der Waals surface area contributed by atoms with E-state index in [0.29, 0.717) is 17.9 Å². The van der Waals surface area contributed by atoms with Crippen LogP contribution in [-0.2, 0) is 18.3 Å². The third-order valence-corrected chi connectivity index (χ3v) is 4.45. The molecule has 3 rings (SSSR count). The normalized spacial score (nSPS) is 12.0. The lowest BCUT2D eigenvalue weighted by molar-refractivity contribution is -0.121. The van der Waals surface area contributed by atoms with Gasteiger partial charge in [0.1, 0.15) is 5.65 Å². The topological polar surface area (TPSA) is 65.4 Å². The number of hydrogen-bond donors (Lipinski definition) is 1. The van der Waals surface area contributed by atoms with Crippen LogP contribution in [0, 0.1) is 0 Å². The van der Waals surface area contributed by atoms with Gasteiger partial charge in [-0.2, -0.15) is 0 Å². The van der Waals surface area contributed by atoms with Gasteiger partial charge in [0, 0.05) is 24.8 Å². The van der Waals surface area contributed by atoms with Gasteiger partial charge in [-0.3, -0.25) is 4.79 Å². The number of methoxy groups -OCH3 is 2. The van der Waals surface area contributed by atoms with Crippen LogP contribution in [0.2, 0.25) is 0 Å². The second-order valence-electron chi connectivity index (χ2n) is 6.22. The van der Waals surface area contributed by atoms with E-state index in [9.17, 15) is 4.79 Å². The monoisotopic (exact) mass is 353 g/mol. The summed E-state index contributed by atoms with van der Waals surface area (Å²) in [4.78, 5) is 16.9. The molecule has 0 fully saturated rings. The lowest BCUT2D eigenvalue weighted by Gasteiger charge is -2.16. The van der Waals surface area contributed by atoms with Crippen LogP contribution >= 0.6 is 0 Å². The maximum Gasteiger partial charge on any atom is 0.224 e. The Morgan fingerprint density at radius 2 is 2.00 bits per heavy atom. The predicted molar refractivity (Wildman–Crippen MR) is 101 cm³/mol. The largest absolute Gasteiger partial charge is 0.493 e. The van der Waals surface area contributed by atoms with Crippen LogP contribution in [0.15, 0.2) is 42.7 Å². The van der Waals surface area contributed by atoms with Crippen LogP contribution in [0.1, 0.15) is 24.1 Å². The van der Waals surface area contributed by atoms with Crippen LogP contribution in [0.3, 0.4) is 0 Å². The zero-order valence-corrected chi connectivity index (χ0v) is 15.4. The van der Waals surface area contributed by atoms with Crippen molar-refractivity contribution < 1.29 is 14.3 Å². The molecule has 0 aliphatic rings. The Hall–Kier alpha value is -3.02. The van der Waals surface area contributed by atoms with Gasteiger partial charge in [-0.25, -0.2) is 4.98 Å². The summed E-state index contributed by atoms with van der Waals surface area (Å²) in [5.41, 5.74) is 2.80. The first-order valence-corrected chi connectivity index (χ1v) is 8.43. The highest BCUT2D eigenvalue weighted by Crippen LogP contribution is 2.30. The zero-order chi connectivity index (χ0) is 18.7. The number of carbonyl (C=O) groups excluding carboxylic acids is 1. The molecule has 0 saturated heterocycles. The van der Waals surface area contributed by atoms with Gasteiger partial charge in [-0.1, -0.05) is 6.07 Å². The Labute approximate surface area is 152 Å². The lowest BCUT2D eigenvalue weighted by Crippen LogP contribution is -2.28. The first-order valence-electron chi connectivity index (χ1n) is 8.43. The maximum absolute atomic E-state index is 12.5. The minimum Gasteiger partial charge on any atom is -0.493 e. The number of aryl methyl sites for hydroxylation is 1. The first-order chi connectivity index (χ1) is 12.5. The number of rotatable bonds is 6. The summed E-state index contributed by atoms with van der Waals surface area (Å²) in [5.74, 6) is 1.27. The van der Waals surface area contributed by atoms with Gasteiger partial charge in [0.25, 0.3) is 0 Å². The minimum atomic E-state index is -0.143. The van der Waals surface area contributed by atoms with Crippen molar-refractivity contribution in [2.75, 3.05) is 14.2 Å². The molecule has 2 heterocycles. The Bertz CT molecular complexity index is 933. The molecule has 0 saturated carbocycles. The molecule has 0 aliphatic carbocycles. The summed E-state index contributed by atoms with van der Waals surface area (Å²) < 4.78 is 12.5. The second kappa shape index (κ2) is 7.47. The number of nitrogens with one attached hydrogen (secondary N) is 1. The van der Waals surface area contributed by atoms with Crippen molar-refractivity contribution in [3.8, 4) is 11.5 Å².